The summed E-state index contributed by atoms with van der Waals surface area (Å²) in [6.45, 7) is 9.72. The van der Waals surface area contributed by atoms with Crippen LogP contribution >= 0.6 is 0 Å². The standard InChI is InChI=1S/C13H22N2O4S/c1-8-10(6-7-18-8)20(16,17)9(2)11-14-12(15-19-11)13(3,4)5/h8-10H,6-7H2,1-5H3/t8-,9-,10+/m0/s1. The Morgan fingerprint density at radius 3 is 2.45 bits per heavy atom. The molecule has 2 rings (SSSR count). The monoisotopic (exact) mass is 302 g/mol. The van der Waals surface area contributed by atoms with Crippen LogP contribution in [0.15, 0.2) is 4.52 Å². The molecule has 1 aromatic heterocycles. The molecule has 1 aliphatic rings. The first-order chi connectivity index (χ1) is 9.14. The number of aromatic nitrogens is 2. The zero-order valence-corrected chi connectivity index (χ0v) is 13.4. The van der Waals surface area contributed by atoms with Gasteiger partial charge in [0, 0.05) is 12.0 Å². The molecule has 0 unspecified atom stereocenters. The van der Waals surface area contributed by atoms with E-state index < -0.39 is 20.3 Å². The molecule has 3 atom stereocenters. The van der Waals surface area contributed by atoms with Gasteiger partial charge < -0.3 is 9.26 Å². The van der Waals surface area contributed by atoms with Gasteiger partial charge in [0.25, 0.3) is 0 Å². The maximum atomic E-state index is 12.6. The van der Waals surface area contributed by atoms with E-state index in [1.165, 1.54) is 0 Å². The van der Waals surface area contributed by atoms with E-state index in [0.29, 0.717) is 18.9 Å². The molecule has 0 aliphatic carbocycles. The summed E-state index contributed by atoms with van der Waals surface area (Å²) in [5, 5.41) is 2.58. The van der Waals surface area contributed by atoms with Crippen molar-refractivity contribution in [1.82, 2.24) is 10.1 Å². The van der Waals surface area contributed by atoms with E-state index in [1.807, 2.05) is 20.8 Å². The first-order valence-corrected chi connectivity index (χ1v) is 8.43. The van der Waals surface area contributed by atoms with Gasteiger partial charge in [-0.3, -0.25) is 0 Å². The highest BCUT2D eigenvalue weighted by Gasteiger charge is 2.42. The fourth-order valence-corrected chi connectivity index (χ4v) is 4.19. The molecular formula is C13H22N2O4S. The lowest BCUT2D eigenvalue weighted by molar-refractivity contribution is 0.126. The van der Waals surface area contributed by atoms with Gasteiger partial charge in [-0.25, -0.2) is 8.42 Å². The molecule has 1 aliphatic heterocycles. The highest BCUT2D eigenvalue weighted by Crippen LogP contribution is 2.32. The molecule has 1 saturated heterocycles. The van der Waals surface area contributed by atoms with Crippen LogP contribution in [0.2, 0.25) is 0 Å². The second-order valence-electron chi connectivity index (χ2n) is 6.34. The van der Waals surface area contributed by atoms with Gasteiger partial charge in [0.15, 0.2) is 15.7 Å². The zero-order chi connectivity index (χ0) is 15.1. The van der Waals surface area contributed by atoms with E-state index in [2.05, 4.69) is 10.1 Å². The Hall–Kier alpha value is -0.950. The lowest BCUT2D eigenvalue weighted by Gasteiger charge is -2.18. The van der Waals surface area contributed by atoms with Crippen LogP contribution in [0, 0.1) is 0 Å². The molecule has 114 valence electrons. The molecule has 7 heteroatoms. The van der Waals surface area contributed by atoms with Gasteiger partial charge in [-0.2, -0.15) is 4.98 Å². The largest absolute Gasteiger partial charge is 0.377 e. The van der Waals surface area contributed by atoms with E-state index in [4.69, 9.17) is 9.26 Å². The predicted octanol–water partition coefficient (Wildman–Crippen LogP) is 2.02. The predicted molar refractivity (Wildman–Crippen MR) is 74.2 cm³/mol. The van der Waals surface area contributed by atoms with Gasteiger partial charge in [0.05, 0.1) is 11.4 Å². The number of sulfone groups is 1. The molecule has 0 N–H and O–H groups in total. The van der Waals surface area contributed by atoms with Crippen molar-refractivity contribution in [2.45, 2.75) is 63.1 Å². The van der Waals surface area contributed by atoms with Gasteiger partial charge in [0.1, 0.15) is 5.25 Å². The summed E-state index contributed by atoms with van der Waals surface area (Å²) in [5.74, 6) is 0.680. The summed E-state index contributed by atoms with van der Waals surface area (Å²) in [4.78, 5) is 4.25. The van der Waals surface area contributed by atoms with Crippen molar-refractivity contribution in [3.8, 4) is 0 Å². The minimum Gasteiger partial charge on any atom is -0.377 e. The van der Waals surface area contributed by atoms with Crippen molar-refractivity contribution in [2.75, 3.05) is 6.61 Å². The van der Waals surface area contributed by atoms with Crippen LogP contribution in [0.25, 0.3) is 0 Å². The minimum atomic E-state index is -3.39. The fraction of sp³-hybridized carbons (Fsp3) is 0.846. The summed E-state index contributed by atoms with van der Waals surface area (Å²) in [5.41, 5.74) is -0.269. The van der Waals surface area contributed by atoms with Crippen molar-refractivity contribution < 1.29 is 17.7 Å². The number of rotatable bonds is 3. The average Bonchev–Trinajstić information content (AvgIpc) is 2.95. The number of hydrogen-bond donors (Lipinski definition) is 0. The van der Waals surface area contributed by atoms with Gasteiger partial charge in [-0.1, -0.05) is 25.9 Å². The Balaban J connectivity index is 2.26. The maximum absolute atomic E-state index is 12.6. The average molecular weight is 302 g/mol. The van der Waals surface area contributed by atoms with Crippen molar-refractivity contribution in [3.05, 3.63) is 11.7 Å². The third-order valence-electron chi connectivity index (χ3n) is 3.68. The lowest BCUT2D eigenvalue weighted by atomic mass is 9.96. The van der Waals surface area contributed by atoms with Crippen molar-refractivity contribution in [3.63, 3.8) is 0 Å². The molecule has 0 aromatic carbocycles. The number of nitrogens with zero attached hydrogens (tertiary/aromatic N) is 2. The van der Waals surface area contributed by atoms with E-state index in [1.54, 1.807) is 13.8 Å². The second kappa shape index (κ2) is 5.11. The molecule has 1 fully saturated rings. The molecule has 2 heterocycles. The van der Waals surface area contributed by atoms with E-state index >= 15 is 0 Å². The van der Waals surface area contributed by atoms with Crippen molar-refractivity contribution >= 4 is 9.84 Å². The molecule has 0 bridgehead atoms. The molecule has 6 nitrogen and oxygen atoms in total. The quantitative estimate of drug-likeness (QED) is 0.849. The Bertz CT molecular complexity index is 573. The van der Waals surface area contributed by atoms with Crippen molar-refractivity contribution in [2.24, 2.45) is 0 Å². The van der Waals surface area contributed by atoms with Crippen LogP contribution in [0.4, 0.5) is 0 Å². The topological polar surface area (TPSA) is 82.3 Å². The smallest absolute Gasteiger partial charge is 0.244 e. The van der Waals surface area contributed by atoms with Gasteiger partial charge in [-0.15, -0.1) is 0 Å². The van der Waals surface area contributed by atoms with Crippen molar-refractivity contribution in [1.29, 1.82) is 0 Å². The lowest BCUT2D eigenvalue weighted by Crippen LogP contribution is -2.31. The van der Waals surface area contributed by atoms with E-state index in [9.17, 15) is 8.42 Å². The SMILES string of the molecule is C[C@@H]1OCC[C@H]1S(=O)(=O)[C@@H](C)c1nc(C(C)(C)C)no1. The van der Waals surface area contributed by atoms with Crippen LogP contribution in [0.1, 0.15) is 58.0 Å². The molecule has 0 amide bonds. The first kappa shape index (κ1) is 15.4. The van der Waals surface area contributed by atoms with Crippen LogP contribution < -0.4 is 0 Å². The Morgan fingerprint density at radius 2 is 2.00 bits per heavy atom. The van der Waals surface area contributed by atoms with Gasteiger partial charge in [-0.05, 0) is 20.3 Å². The molecule has 0 spiro atoms. The fourth-order valence-electron chi connectivity index (χ4n) is 2.25. The molecule has 0 radical (unpaired) electrons. The molecule has 1 aromatic rings. The van der Waals surface area contributed by atoms with Crippen LogP contribution in [0.3, 0.4) is 0 Å². The van der Waals surface area contributed by atoms with Gasteiger partial charge in [0.2, 0.25) is 5.89 Å². The summed E-state index contributed by atoms with van der Waals surface area (Å²) >= 11 is 0. The third-order valence-corrected chi connectivity index (χ3v) is 6.33. The Kier molecular flexibility index (Phi) is 3.94. The van der Waals surface area contributed by atoms with Crippen LogP contribution in [-0.4, -0.2) is 36.5 Å². The Morgan fingerprint density at radius 1 is 1.35 bits per heavy atom. The maximum Gasteiger partial charge on any atom is 0.244 e. The summed E-state index contributed by atoms with van der Waals surface area (Å²) in [6, 6.07) is 0. The minimum absolute atomic E-state index is 0.161. The number of hydrogen-bond acceptors (Lipinski definition) is 6. The molecular weight excluding hydrogens is 280 g/mol. The summed E-state index contributed by atoms with van der Waals surface area (Å²) in [6.07, 6.45) is 0.237. The van der Waals surface area contributed by atoms with E-state index in [-0.39, 0.29) is 17.4 Å². The highest BCUT2D eigenvalue weighted by atomic mass is 32.2. The van der Waals surface area contributed by atoms with Crippen LogP contribution in [0.5, 0.6) is 0 Å². The third kappa shape index (κ3) is 2.74. The molecule has 20 heavy (non-hydrogen) atoms. The normalized spacial score (nSPS) is 25.9. The Labute approximate surface area is 119 Å². The summed E-state index contributed by atoms with van der Waals surface area (Å²) < 4.78 is 35.7. The second-order valence-corrected chi connectivity index (χ2v) is 8.83. The van der Waals surface area contributed by atoms with Crippen LogP contribution in [-0.2, 0) is 20.0 Å². The van der Waals surface area contributed by atoms with Gasteiger partial charge >= 0.3 is 0 Å². The summed E-state index contributed by atoms with van der Waals surface area (Å²) in [7, 11) is -3.39. The van der Waals surface area contributed by atoms with E-state index in [0.717, 1.165) is 0 Å². The highest BCUT2D eigenvalue weighted by molar-refractivity contribution is 7.92. The molecule has 0 saturated carbocycles. The number of ether oxygens (including phenoxy) is 1. The zero-order valence-electron chi connectivity index (χ0n) is 12.6. The first-order valence-electron chi connectivity index (χ1n) is 6.82.